The number of piperidine rings is 1. The number of aromatic nitrogens is 4. The van der Waals surface area contributed by atoms with E-state index < -0.39 is 17.9 Å². The van der Waals surface area contributed by atoms with Crippen LogP contribution in [-0.2, 0) is 25.7 Å². The van der Waals surface area contributed by atoms with Gasteiger partial charge in [-0.05, 0) is 61.3 Å². The molecule has 232 valence electrons. The number of carbonyl (C=O) groups excluding carboxylic acids is 3. The van der Waals surface area contributed by atoms with E-state index in [4.69, 9.17) is 0 Å². The summed E-state index contributed by atoms with van der Waals surface area (Å²) >= 11 is 1.48. The molecule has 7 heterocycles. The zero-order valence-corrected chi connectivity index (χ0v) is 25.3. The van der Waals surface area contributed by atoms with Crippen LogP contribution in [-0.4, -0.2) is 114 Å². The van der Waals surface area contributed by atoms with Crippen molar-refractivity contribution in [3.8, 4) is 0 Å². The highest BCUT2D eigenvalue weighted by atomic mass is 32.2. The number of likely N-dealkylation sites (tertiary alicyclic amines) is 1. The Hall–Kier alpha value is -3.04. The normalized spacial score (nSPS) is 37.2. The fourth-order valence-electron chi connectivity index (χ4n) is 8.68. The van der Waals surface area contributed by atoms with Crippen molar-refractivity contribution in [2.75, 3.05) is 19.6 Å². The van der Waals surface area contributed by atoms with Crippen molar-refractivity contribution in [3.05, 3.63) is 16.9 Å². The van der Waals surface area contributed by atoms with Crippen molar-refractivity contribution in [2.24, 2.45) is 17.3 Å². The number of fused-ring (bicyclic) bond motifs is 3. The average Bonchev–Trinajstić information content (AvgIpc) is 3.78. The second-order valence-corrected chi connectivity index (χ2v) is 14.7. The molecular formula is C28H39N9O5S. The first-order valence-corrected chi connectivity index (χ1v) is 16.3. The summed E-state index contributed by atoms with van der Waals surface area (Å²) in [6.45, 7) is 5.89. The van der Waals surface area contributed by atoms with Crippen molar-refractivity contribution in [3.63, 3.8) is 0 Å². The van der Waals surface area contributed by atoms with Crippen LogP contribution >= 0.6 is 11.8 Å². The molecule has 2 bridgehead atoms. The number of amides is 3. The minimum atomic E-state index is -1.13. The van der Waals surface area contributed by atoms with Crippen LogP contribution in [0.5, 0.6) is 0 Å². The molecule has 6 aliphatic rings. The Morgan fingerprint density at radius 3 is 2.72 bits per heavy atom. The van der Waals surface area contributed by atoms with E-state index in [9.17, 15) is 24.3 Å². The van der Waals surface area contributed by atoms with Gasteiger partial charge >= 0.3 is 5.97 Å². The largest absolute Gasteiger partial charge is 0.477 e. The molecule has 15 heteroatoms. The first-order valence-electron chi connectivity index (χ1n) is 15.4. The van der Waals surface area contributed by atoms with Gasteiger partial charge in [0.15, 0.2) is 0 Å². The predicted octanol–water partition coefficient (Wildman–Crippen LogP) is -0.452. The number of β-lactam (4-membered cyclic amide) rings is 1. The third kappa shape index (κ3) is 5.02. The van der Waals surface area contributed by atoms with Crippen LogP contribution in [0.2, 0.25) is 0 Å². The number of rotatable bonds is 8. The van der Waals surface area contributed by atoms with Gasteiger partial charge in [0.1, 0.15) is 18.6 Å². The summed E-state index contributed by atoms with van der Waals surface area (Å²) < 4.78 is 1.29. The van der Waals surface area contributed by atoms with Crippen LogP contribution < -0.4 is 16.0 Å². The summed E-state index contributed by atoms with van der Waals surface area (Å²) in [4.78, 5) is 55.9. The van der Waals surface area contributed by atoms with Gasteiger partial charge in [0.05, 0.1) is 18.0 Å². The van der Waals surface area contributed by atoms with E-state index in [0.717, 1.165) is 32.4 Å². The van der Waals surface area contributed by atoms with Crippen LogP contribution in [0.25, 0.3) is 0 Å². The van der Waals surface area contributed by atoms with Gasteiger partial charge in [-0.3, -0.25) is 14.4 Å². The molecule has 6 aliphatic heterocycles. The lowest BCUT2D eigenvalue weighted by Gasteiger charge is -2.47. The summed E-state index contributed by atoms with van der Waals surface area (Å²) in [5.74, 6) is -2.35. The molecule has 5 fully saturated rings. The summed E-state index contributed by atoms with van der Waals surface area (Å²) in [5, 5.41) is 30.9. The van der Waals surface area contributed by atoms with Gasteiger partial charge in [-0.1, -0.05) is 6.92 Å². The summed E-state index contributed by atoms with van der Waals surface area (Å²) in [6.07, 6.45) is 7.84. The molecule has 8 atom stereocenters. The van der Waals surface area contributed by atoms with E-state index >= 15 is 0 Å². The molecule has 0 saturated carbocycles. The van der Waals surface area contributed by atoms with Crippen molar-refractivity contribution < 1.29 is 24.3 Å². The molecule has 4 N–H and O–H groups in total. The highest BCUT2D eigenvalue weighted by Crippen LogP contribution is 2.52. The van der Waals surface area contributed by atoms with E-state index in [1.165, 1.54) is 40.5 Å². The SMILES string of the molecule is CC(NC(=O)Cn1cnnn1)[C@H]1C(=O)N2C(C(=O)O)=C(S[C@@H]3CN[C@H](C(=O)N4CCC5(CC6CCC(C5)N6)C4)C3)[C@H](C)[C@H]12. The molecule has 43 heavy (non-hydrogen) atoms. The first kappa shape index (κ1) is 28.7. The van der Waals surface area contributed by atoms with E-state index in [1.807, 2.05) is 6.92 Å². The maximum atomic E-state index is 13.6. The molecule has 0 radical (unpaired) electrons. The third-order valence-electron chi connectivity index (χ3n) is 10.5. The Balaban J connectivity index is 0.972. The first-order chi connectivity index (χ1) is 20.6. The van der Waals surface area contributed by atoms with Gasteiger partial charge in [-0.2, -0.15) is 0 Å². The minimum absolute atomic E-state index is 0.0210. The number of hydrogen-bond acceptors (Lipinski definition) is 10. The average molecular weight is 614 g/mol. The highest BCUT2D eigenvalue weighted by Gasteiger charge is 2.60. The number of hydrogen-bond donors (Lipinski definition) is 4. The van der Waals surface area contributed by atoms with Crippen LogP contribution in [0.1, 0.15) is 52.4 Å². The maximum Gasteiger partial charge on any atom is 0.353 e. The van der Waals surface area contributed by atoms with Crippen LogP contribution in [0.4, 0.5) is 0 Å². The van der Waals surface area contributed by atoms with Crippen molar-refractivity contribution in [1.82, 2.24) is 46.0 Å². The summed E-state index contributed by atoms with van der Waals surface area (Å²) in [5.41, 5.74) is 0.286. The fraction of sp³-hybridized carbons (Fsp3) is 0.750. The van der Waals surface area contributed by atoms with E-state index in [0.29, 0.717) is 30.0 Å². The Bertz CT molecular complexity index is 1340. The minimum Gasteiger partial charge on any atom is -0.477 e. The number of carboxylic acids is 1. The number of carboxylic acid groups (broad SMARTS) is 1. The Morgan fingerprint density at radius 2 is 2.02 bits per heavy atom. The highest BCUT2D eigenvalue weighted by molar-refractivity contribution is 8.03. The lowest BCUT2D eigenvalue weighted by atomic mass is 9.75. The van der Waals surface area contributed by atoms with Gasteiger partial charge in [-0.15, -0.1) is 16.9 Å². The fourth-order valence-corrected chi connectivity index (χ4v) is 10.2. The molecule has 5 saturated heterocycles. The number of carbonyl (C=O) groups is 4. The molecule has 1 aromatic rings. The van der Waals surface area contributed by atoms with Gasteiger partial charge in [0.25, 0.3) is 0 Å². The number of thioether (sulfide) groups is 1. The van der Waals surface area contributed by atoms with Gasteiger partial charge in [-0.25, -0.2) is 9.48 Å². The molecule has 0 aliphatic carbocycles. The quantitative estimate of drug-likeness (QED) is 0.280. The maximum absolute atomic E-state index is 13.6. The van der Waals surface area contributed by atoms with Crippen molar-refractivity contribution in [2.45, 2.75) is 94.4 Å². The Morgan fingerprint density at radius 1 is 1.26 bits per heavy atom. The van der Waals surface area contributed by atoms with E-state index in [2.05, 4.69) is 36.4 Å². The second kappa shape index (κ2) is 10.8. The molecule has 1 aromatic heterocycles. The Labute approximate surface area is 253 Å². The van der Waals surface area contributed by atoms with Gasteiger partial charge in [0, 0.05) is 53.8 Å². The summed E-state index contributed by atoms with van der Waals surface area (Å²) in [7, 11) is 0. The molecule has 7 rings (SSSR count). The summed E-state index contributed by atoms with van der Waals surface area (Å²) in [6, 6.07) is 0.0703. The zero-order chi connectivity index (χ0) is 30.0. The lowest BCUT2D eigenvalue weighted by molar-refractivity contribution is -0.158. The molecule has 3 unspecified atom stereocenters. The number of nitrogens with one attached hydrogen (secondary N) is 3. The second-order valence-electron chi connectivity index (χ2n) is 13.4. The van der Waals surface area contributed by atoms with E-state index in [-0.39, 0.29) is 58.6 Å². The number of nitrogens with zero attached hydrogens (tertiary/aromatic N) is 6. The molecule has 0 aromatic carbocycles. The topological polar surface area (TPSA) is 175 Å². The van der Waals surface area contributed by atoms with Gasteiger partial charge in [0.2, 0.25) is 17.7 Å². The molecular weight excluding hydrogens is 574 g/mol. The molecule has 3 amide bonds. The van der Waals surface area contributed by atoms with Crippen LogP contribution in [0.15, 0.2) is 16.9 Å². The van der Waals surface area contributed by atoms with E-state index in [1.54, 1.807) is 6.92 Å². The zero-order valence-electron chi connectivity index (χ0n) is 24.4. The van der Waals surface area contributed by atoms with Crippen LogP contribution in [0, 0.1) is 17.3 Å². The molecule has 14 nitrogen and oxygen atoms in total. The predicted molar refractivity (Wildman–Crippen MR) is 154 cm³/mol. The van der Waals surface area contributed by atoms with Crippen molar-refractivity contribution >= 4 is 35.5 Å². The lowest BCUT2D eigenvalue weighted by Crippen LogP contribution is -2.66. The third-order valence-corrected chi connectivity index (χ3v) is 12.1. The number of tetrazole rings is 1. The van der Waals surface area contributed by atoms with Crippen molar-refractivity contribution in [1.29, 1.82) is 0 Å². The van der Waals surface area contributed by atoms with Gasteiger partial charge < -0.3 is 30.9 Å². The smallest absolute Gasteiger partial charge is 0.353 e. The number of aliphatic carboxylic acids is 1. The molecule has 1 spiro atoms. The van der Waals surface area contributed by atoms with Crippen LogP contribution in [0.3, 0.4) is 0 Å². The monoisotopic (exact) mass is 613 g/mol. The standard InChI is InChI=1S/C28H39N9O5S/c1-14-22-21(15(2)31-20(38)11-36-13-30-33-34-36)26(40)37(22)23(27(41)42)24(14)43-18-7-19(29-10-18)25(39)35-6-5-28(12-35)8-16-3-4-17(9-28)32-16/h13-19,21-22,29,32H,3-12H2,1-2H3,(H,31,38)(H,41,42)/t14-,15?,16?,17?,18+,19+,21-,22-,28?/m1/s1. The Kier molecular flexibility index (Phi) is 7.24.